The summed E-state index contributed by atoms with van der Waals surface area (Å²) in [6.07, 6.45) is 0.141. The molecule has 1 fully saturated rings. The van der Waals surface area contributed by atoms with Crippen LogP contribution < -0.4 is 15.5 Å². The number of benzene rings is 3. The number of piperazine rings is 1. The molecule has 3 aromatic rings. The molecule has 1 atom stereocenters. The summed E-state index contributed by atoms with van der Waals surface area (Å²) in [7, 11) is 2.15. The smallest absolute Gasteiger partial charge is 0.251 e. The van der Waals surface area contributed by atoms with Gasteiger partial charge in [0.25, 0.3) is 5.91 Å². The molecule has 0 aliphatic carbocycles. The van der Waals surface area contributed by atoms with E-state index in [0.29, 0.717) is 5.56 Å². The van der Waals surface area contributed by atoms with Crippen molar-refractivity contribution < 1.29 is 9.59 Å². The van der Waals surface area contributed by atoms with Gasteiger partial charge in [-0.05, 0) is 55.4 Å². The summed E-state index contributed by atoms with van der Waals surface area (Å²) < 4.78 is 0. The van der Waals surface area contributed by atoms with Gasteiger partial charge in [0.05, 0.1) is 12.5 Å². The highest BCUT2D eigenvalue weighted by Gasteiger charge is 2.20. The topological polar surface area (TPSA) is 64.7 Å². The minimum atomic E-state index is -0.432. The van der Waals surface area contributed by atoms with E-state index >= 15 is 0 Å². The van der Waals surface area contributed by atoms with Crippen molar-refractivity contribution in [3.05, 3.63) is 95.6 Å². The molecule has 1 aliphatic rings. The number of hydrogen-bond acceptors (Lipinski definition) is 4. The second kappa shape index (κ2) is 11.0. The zero-order valence-electron chi connectivity index (χ0n) is 19.8. The van der Waals surface area contributed by atoms with Gasteiger partial charge in [-0.25, -0.2) is 0 Å². The molecule has 2 N–H and O–H groups in total. The molecule has 34 heavy (non-hydrogen) atoms. The minimum Gasteiger partial charge on any atom is -0.369 e. The number of anilines is 2. The van der Waals surface area contributed by atoms with Crippen LogP contribution in [-0.2, 0) is 4.79 Å². The molecule has 3 aromatic carbocycles. The van der Waals surface area contributed by atoms with E-state index in [-0.39, 0.29) is 18.2 Å². The van der Waals surface area contributed by atoms with Crippen molar-refractivity contribution in [2.45, 2.75) is 19.4 Å². The van der Waals surface area contributed by atoms with Gasteiger partial charge in [0, 0.05) is 43.1 Å². The van der Waals surface area contributed by atoms with Gasteiger partial charge in [0.1, 0.15) is 0 Å². The molecule has 0 bridgehead atoms. The van der Waals surface area contributed by atoms with Crippen LogP contribution >= 0.6 is 0 Å². The summed E-state index contributed by atoms with van der Waals surface area (Å²) in [6.45, 7) is 6.12. The maximum Gasteiger partial charge on any atom is 0.251 e. The first kappa shape index (κ1) is 23.5. The largest absolute Gasteiger partial charge is 0.369 e. The highest BCUT2D eigenvalue weighted by Crippen LogP contribution is 2.25. The standard InChI is InChI=1S/C28H32N4O2/c1-21-19-24(32-17-15-31(2)16-18-32)13-14-25(21)29-27(33)20-26(22-9-5-3-6-10-22)30-28(34)23-11-7-4-8-12-23/h3-14,19,26H,15-18,20H2,1-2H3,(H,29,33)(H,30,34)/t26-/m1/s1. The maximum absolute atomic E-state index is 13.0. The summed E-state index contributed by atoms with van der Waals surface area (Å²) in [5.74, 6) is -0.340. The zero-order valence-corrected chi connectivity index (χ0v) is 19.8. The summed E-state index contributed by atoms with van der Waals surface area (Å²) in [5, 5.41) is 6.07. The van der Waals surface area contributed by atoms with Gasteiger partial charge < -0.3 is 20.4 Å². The first-order chi connectivity index (χ1) is 16.5. The van der Waals surface area contributed by atoms with Crippen LogP contribution in [0.15, 0.2) is 78.9 Å². The van der Waals surface area contributed by atoms with Gasteiger partial charge >= 0.3 is 0 Å². The third-order valence-corrected chi connectivity index (χ3v) is 6.29. The highest BCUT2D eigenvalue weighted by molar-refractivity contribution is 5.96. The van der Waals surface area contributed by atoms with Gasteiger partial charge in [-0.1, -0.05) is 48.5 Å². The van der Waals surface area contributed by atoms with E-state index < -0.39 is 6.04 Å². The molecule has 0 spiro atoms. The second-order valence-electron chi connectivity index (χ2n) is 8.84. The Morgan fingerprint density at radius 1 is 0.882 bits per heavy atom. The molecular formula is C28H32N4O2. The Bertz CT molecular complexity index is 1110. The summed E-state index contributed by atoms with van der Waals surface area (Å²) in [4.78, 5) is 30.5. The molecule has 0 aromatic heterocycles. The number of hydrogen-bond donors (Lipinski definition) is 2. The third-order valence-electron chi connectivity index (χ3n) is 6.29. The lowest BCUT2D eigenvalue weighted by atomic mass is 10.0. The quantitative estimate of drug-likeness (QED) is 0.558. The first-order valence-electron chi connectivity index (χ1n) is 11.7. The van der Waals surface area contributed by atoms with Gasteiger partial charge in [-0.15, -0.1) is 0 Å². The van der Waals surface area contributed by atoms with Crippen molar-refractivity contribution in [3.63, 3.8) is 0 Å². The van der Waals surface area contributed by atoms with Crippen LogP contribution in [0, 0.1) is 6.92 Å². The number of carbonyl (C=O) groups is 2. The minimum absolute atomic E-state index is 0.141. The SMILES string of the molecule is Cc1cc(N2CCN(C)CC2)ccc1NC(=O)C[C@@H](NC(=O)c1ccccc1)c1ccccc1. The van der Waals surface area contributed by atoms with Crippen LogP contribution in [0.5, 0.6) is 0 Å². The Morgan fingerprint density at radius 2 is 1.53 bits per heavy atom. The Balaban J connectivity index is 1.44. The summed E-state index contributed by atoms with van der Waals surface area (Å²) in [6, 6.07) is 24.4. The van der Waals surface area contributed by atoms with Crippen LogP contribution in [0.1, 0.15) is 33.9 Å². The Kier molecular flexibility index (Phi) is 7.60. The van der Waals surface area contributed by atoms with Crippen molar-refractivity contribution >= 4 is 23.2 Å². The van der Waals surface area contributed by atoms with Crippen molar-refractivity contribution in [2.75, 3.05) is 43.4 Å². The molecule has 6 nitrogen and oxygen atoms in total. The molecule has 1 heterocycles. The fourth-order valence-electron chi connectivity index (χ4n) is 4.20. The maximum atomic E-state index is 13.0. The molecule has 0 saturated carbocycles. The number of nitrogens with zero attached hydrogens (tertiary/aromatic N) is 2. The van der Waals surface area contributed by atoms with Crippen molar-refractivity contribution in [2.24, 2.45) is 0 Å². The van der Waals surface area contributed by atoms with Crippen molar-refractivity contribution in [3.8, 4) is 0 Å². The van der Waals surface area contributed by atoms with Gasteiger partial charge in [0.2, 0.25) is 5.91 Å². The molecule has 0 radical (unpaired) electrons. The molecule has 1 aliphatic heterocycles. The van der Waals surface area contributed by atoms with Crippen molar-refractivity contribution in [1.29, 1.82) is 0 Å². The number of amides is 2. The first-order valence-corrected chi connectivity index (χ1v) is 11.7. The number of likely N-dealkylation sites (N-methyl/N-ethyl adjacent to an activating group) is 1. The molecular weight excluding hydrogens is 424 g/mol. The highest BCUT2D eigenvalue weighted by atomic mass is 16.2. The number of aryl methyl sites for hydroxylation is 1. The van der Waals surface area contributed by atoms with Crippen LogP contribution in [0.4, 0.5) is 11.4 Å². The van der Waals surface area contributed by atoms with E-state index in [1.165, 1.54) is 5.69 Å². The summed E-state index contributed by atoms with van der Waals surface area (Å²) in [5.41, 5.74) is 4.46. The molecule has 6 heteroatoms. The molecule has 2 amide bonds. The third kappa shape index (κ3) is 6.02. The van der Waals surface area contributed by atoms with Crippen LogP contribution in [0.25, 0.3) is 0 Å². The van der Waals surface area contributed by atoms with E-state index in [9.17, 15) is 9.59 Å². The van der Waals surface area contributed by atoms with Crippen LogP contribution in [0.2, 0.25) is 0 Å². The van der Waals surface area contributed by atoms with E-state index in [1.807, 2.05) is 61.5 Å². The Morgan fingerprint density at radius 3 is 2.18 bits per heavy atom. The Labute approximate surface area is 201 Å². The lowest BCUT2D eigenvalue weighted by Crippen LogP contribution is -2.44. The average Bonchev–Trinajstić information content (AvgIpc) is 2.86. The predicted molar refractivity (Wildman–Crippen MR) is 137 cm³/mol. The predicted octanol–water partition coefficient (Wildman–Crippen LogP) is 4.25. The van der Waals surface area contributed by atoms with Crippen molar-refractivity contribution in [1.82, 2.24) is 10.2 Å². The molecule has 176 valence electrons. The van der Waals surface area contributed by atoms with E-state index in [1.54, 1.807) is 12.1 Å². The average molecular weight is 457 g/mol. The monoisotopic (exact) mass is 456 g/mol. The van der Waals surface area contributed by atoms with Crippen LogP contribution in [-0.4, -0.2) is 49.9 Å². The van der Waals surface area contributed by atoms with Gasteiger partial charge in [0.15, 0.2) is 0 Å². The van der Waals surface area contributed by atoms with E-state index in [4.69, 9.17) is 0 Å². The fourth-order valence-corrected chi connectivity index (χ4v) is 4.20. The fraction of sp³-hybridized carbons (Fsp3) is 0.286. The lowest BCUT2D eigenvalue weighted by molar-refractivity contribution is -0.116. The zero-order chi connectivity index (χ0) is 23.9. The van der Waals surface area contributed by atoms with E-state index in [2.05, 4.69) is 39.6 Å². The van der Waals surface area contributed by atoms with Gasteiger partial charge in [-0.3, -0.25) is 9.59 Å². The second-order valence-corrected chi connectivity index (χ2v) is 8.84. The normalized spacial score (nSPS) is 14.9. The number of carbonyl (C=O) groups excluding carboxylic acids is 2. The molecule has 0 unspecified atom stereocenters. The molecule has 4 rings (SSSR count). The lowest BCUT2D eigenvalue weighted by Gasteiger charge is -2.34. The number of rotatable bonds is 7. The van der Waals surface area contributed by atoms with E-state index in [0.717, 1.165) is 43.0 Å². The Hall–Kier alpha value is -3.64. The van der Waals surface area contributed by atoms with Crippen LogP contribution in [0.3, 0.4) is 0 Å². The van der Waals surface area contributed by atoms with Gasteiger partial charge in [-0.2, -0.15) is 0 Å². The summed E-state index contributed by atoms with van der Waals surface area (Å²) >= 11 is 0. The number of nitrogens with one attached hydrogen (secondary N) is 2. The molecule has 1 saturated heterocycles.